The molecule has 0 saturated carbocycles. The number of piperidine rings is 1. The predicted octanol–water partition coefficient (Wildman–Crippen LogP) is 1.88. The van der Waals surface area contributed by atoms with Gasteiger partial charge < -0.3 is 4.90 Å². The molecule has 1 fully saturated rings. The fraction of sp³-hybridized carbons (Fsp3) is 0.556. The number of alkyl halides is 1. The number of halogens is 1. The van der Waals surface area contributed by atoms with Crippen molar-refractivity contribution in [3.63, 3.8) is 0 Å². The van der Waals surface area contributed by atoms with Crippen molar-refractivity contribution in [3.8, 4) is 0 Å². The van der Waals surface area contributed by atoms with E-state index in [-0.39, 0.29) is 0 Å². The lowest BCUT2D eigenvalue weighted by atomic mass is 10.1. The highest BCUT2D eigenvalue weighted by atomic mass is 127. The van der Waals surface area contributed by atoms with Gasteiger partial charge in [0.05, 0.1) is 0 Å². The highest BCUT2D eigenvalue weighted by Gasteiger charge is 2.17. The van der Waals surface area contributed by atoms with Crippen LogP contribution in [0.2, 0.25) is 0 Å². The lowest BCUT2D eigenvalue weighted by molar-refractivity contribution is 0.599. The van der Waals surface area contributed by atoms with E-state index in [0.29, 0.717) is 0 Å². The Labute approximate surface area is 91.7 Å². The summed E-state index contributed by atoms with van der Waals surface area (Å²) in [7, 11) is 0. The van der Waals surface area contributed by atoms with E-state index in [1.54, 1.807) is 12.5 Å². The van der Waals surface area contributed by atoms with Gasteiger partial charge in [-0.25, -0.2) is 9.97 Å². The highest BCUT2D eigenvalue weighted by molar-refractivity contribution is 14.1. The Hall–Kier alpha value is -0.390. The normalized spacial score (nSPS) is 19.0. The van der Waals surface area contributed by atoms with E-state index in [4.69, 9.17) is 0 Å². The summed E-state index contributed by atoms with van der Waals surface area (Å²) >= 11 is 2.53. The molecule has 1 aromatic rings. The Kier molecular flexibility index (Phi) is 2.97. The zero-order valence-electron chi connectivity index (χ0n) is 7.36. The lowest BCUT2D eigenvalue weighted by Crippen LogP contribution is -2.34. The number of hydrogen-bond acceptors (Lipinski definition) is 3. The molecule has 3 nitrogen and oxygen atoms in total. The molecule has 2 heterocycles. The first-order valence-corrected chi connectivity index (χ1v) is 5.76. The fourth-order valence-electron chi connectivity index (χ4n) is 1.55. The summed E-state index contributed by atoms with van der Waals surface area (Å²) in [5.74, 6) is 1.07. The molecule has 0 unspecified atom stereocenters. The average molecular weight is 289 g/mol. The molecular formula is C9H12IN3. The maximum atomic E-state index is 4.24. The van der Waals surface area contributed by atoms with Crippen LogP contribution in [0.25, 0.3) is 0 Å². The van der Waals surface area contributed by atoms with Gasteiger partial charge in [0.2, 0.25) is 0 Å². The van der Waals surface area contributed by atoms with Crippen LogP contribution in [0.1, 0.15) is 12.8 Å². The van der Waals surface area contributed by atoms with Crippen LogP contribution in [0, 0.1) is 0 Å². The lowest BCUT2D eigenvalue weighted by Gasteiger charge is -2.30. The molecule has 70 valence electrons. The molecule has 1 aromatic heterocycles. The SMILES string of the molecule is IC1CCN(c2ccncn2)CC1. The summed E-state index contributed by atoms with van der Waals surface area (Å²) in [6, 6.07) is 1.98. The number of nitrogens with zero attached hydrogens (tertiary/aromatic N) is 3. The quantitative estimate of drug-likeness (QED) is 0.584. The smallest absolute Gasteiger partial charge is 0.131 e. The fourth-order valence-corrected chi connectivity index (χ4v) is 2.10. The van der Waals surface area contributed by atoms with Crippen molar-refractivity contribution >= 4 is 28.4 Å². The van der Waals surface area contributed by atoms with E-state index in [9.17, 15) is 0 Å². The Morgan fingerprint density at radius 1 is 1.38 bits per heavy atom. The van der Waals surface area contributed by atoms with Gasteiger partial charge in [-0.15, -0.1) is 0 Å². The van der Waals surface area contributed by atoms with Gasteiger partial charge in [0, 0.05) is 23.2 Å². The van der Waals surface area contributed by atoms with Crippen molar-refractivity contribution in [1.29, 1.82) is 0 Å². The summed E-state index contributed by atoms with van der Waals surface area (Å²) in [6.45, 7) is 2.26. The molecule has 1 aliphatic heterocycles. The molecule has 0 aliphatic carbocycles. The molecule has 0 amide bonds. The minimum Gasteiger partial charge on any atom is -0.356 e. The van der Waals surface area contributed by atoms with Gasteiger partial charge in [-0.2, -0.15) is 0 Å². The molecule has 0 N–H and O–H groups in total. The van der Waals surface area contributed by atoms with Crippen LogP contribution in [0.15, 0.2) is 18.6 Å². The second kappa shape index (κ2) is 4.21. The first-order valence-electron chi connectivity index (χ1n) is 4.51. The molecule has 1 saturated heterocycles. The largest absolute Gasteiger partial charge is 0.356 e. The molecule has 4 heteroatoms. The maximum Gasteiger partial charge on any atom is 0.131 e. The second-order valence-corrected chi connectivity index (χ2v) is 4.99. The van der Waals surface area contributed by atoms with Crippen molar-refractivity contribution in [1.82, 2.24) is 9.97 Å². The van der Waals surface area contributed by atoms with Crippen LogP contribution in [-0.4, -0.2) is 27.0 Å². The van der Waals surface area contributed by atoms with Gasteiger partial charge in [-0.1, -0.05) is 22.6 Å². The van der Waals surface area contributed by atoms with E-state index in [1.807, 2.05) is 6.07 Å². The Morgan fingerprint density at radius 2 is 2.15 bits per heavy atom. The summed E-state index contributed by atoms with van der Waals surface area (Å²) < 4.78 is 0.843. The van der Waals surface area contributed by atoms with Crippen LogP contribution in [0.3, 0.4) is 0 Å². The molecule has 0 aromatic carbocycles. The van der Waals surface area contributed by atoms with Gasteiger partial charge in [0.15, 0.2) is 0 Å². The molecule has 13 heavy (non-hydrogen) atoms. The summed E-state index contributed by atoms with van der Waals surface area (Å²) in [6.07, 6.45) is 5.96. The molecule has 0 bridgehead atoms. The topological polar surface area (TPSA) is 29.0 Å². The standard InChI is InChI=1S/C9H12IN3/c10-8-2-5-13(6-3-8)9-1-4-11-7-12-9/h1,4,7-8H,2-3,5-6H2. The van der Waals surface area contributed by atoms with Crippen molar-refractivity contribution < 1.29 is 0 Å². The number of anilines is 1. The van der Waals surface area contributed by atoms with Crippen molar-refractivity contribution in [3.05, 3.63) is 18.6 Å². The monoisotopic (exact) mass is 289 g/mol. The highest BCUT2D eigenvalue weighted by Crippen LogP contribution is 2.21. The van der Waals surface area contributed by atoms with Crippen LogP contribution >= 0.6 is 22.6 Å². The minimum atomic E-state index is 0.843. The maximum absolute atomic E-state index is 4.24. The molecule has 2 rings (SSSR count). The zero-order chi connectivity index (χ0) is 9.10. The predicted molar refractivity (Wildman–Crippen MR) is 61.3 cm³/mol. The van der Waals surface area contributed by atoms with Crippen molar-refractivity contribution in [2.45, 2.75) is 16.8 Å². The molecular weight excluding hydrogens is 277 g/mol. The van der Waals surface area contributed by atoms with E-state index < -0.39 is 0 Å². The molecule has 1 aliphatic rings. The Bertz CT molecular complexity index is 257. The van der Waals surface area contributed by atoms with Gasteiger partial charge in [-0.3, -0.25) is 0 Å². The number of rotatable bonds is 1. The number of aromatic nitrogens is 2. The van der Waals surface area contributed by atoms with Gasteiger partial charge in [0.25, 0.3) is 0 Å². The second-order valence-electron chi connectivity index (χ2n) is 3.23. The van der Waals surface area contributed by atoms with Crippen LogP contribution in [-0.2, 0) is 0 Å². The Morgan fingerprint density at radius 3 is 2.77 bits per heavy atom. The van der Waals surface area contributed by atoms with Crippen LogP contribution < -0.4 is 4.90 Å². The summed E-state index contributed by atoms with van der Waals surface area (Å²) in [5, 5.41) is 0. The first kappa shape index (κ1) is 9.18. The van der Waals surface area contributed by atoms with E-state index in [2.05, 4.69) is 37.5 Å². The van der Waals surface area contributed by atoms with E-state index in [1.165, 1.54) is 12.8 Å². The van der Waals surface area contributed by atoms with Gasteiger partial charge in [0.1, 0.15) is 12.1 Å². The first-order chi connectivity index (χ1) is 6.36. The van der Waals surface area contributed by atoms with Gasteiger partial charge in [-0.05, 0) is 18.9 Å². The van der Waals surface area contributed by atoms with E-state index >= 15 is 0 Å². The van der Waals surface area contributed by atoms with Crippen molar-refractivity contribution in [2.24, 2.45) is 0 Å². The van der Waals surface area contributed by atoms with Gasteiger partial charge >= 0.3 is 0 Å². The zero-order valence-corrected chi connectivity index (χ0v) is 9.51. The number of hydrogen-bond donors (Lipinski definition) is 0. The molecule has 0 radical (unpaired) electrons. The molecule has 0 spiro atoms. The van der Waals surface area contributed by atoms with Crippen LogP contribution in [0.5, 0.6) is 0 Å². The third-order valence-corrected chi connectivity index (χ3v) is 3.56. The molecule has 0 atom stereocenters. The van der Waals surface area contributed by atoms with Crippen LogP contribution in [0.4, 0.5) is 5.82 Å². The third kappa shape index (κ3) is 2.30. The summed E-state index contributed by atoms with van der Waals surface area (Å²) in [5.41, 5.74) is 0. The Balaban J connectivity index is 2.03. The third-order valence-electron chi connectivity index (χ3n) is 2.31. The van der Waals surface area contributed by atoms with E-state index in [0.717, 1.165) is 22.8 Å². The average Bonchev–Trinajstić information content (AvgIpc) is 2.20. The van der Waals surface area contributed by atoms with Crippen molar-refractivity contribution in [2.75, 3.05) is 18.0 Å². The minimum absolute atomic E-state index is 0.843. The summed E-state index contributed by atoms with van der Waals surface area (Å²) in [4.78, 5) is 10.5.